The lowest BCUT2D eigenvalue weighted by Crippen LogP contribution is -2.46. The third-order valence-corrected chi connectivity index (χ3v) is 5.90. The Morgan fingerprint density at radius 1 is 1.03 bits per heavy atom. The molecule has 1 unspecified atom stereocenters. The lowest BCUT2D eigenvalue weighted by molar-refractivity contribution is -0.141. The number of aromatic nitrogens is 2. The standard InChI is InChI=1S/C21H25FN4O3/c1-14(27)25-11-8-16(9-12-25)21(28)26-10-2-3-17(13-26)20-24-23-19(29-20)15-4-6-18(22)7-5-15/h4-7,16-17H,2-3,8-13H2,1H3. The van der Waals surface area contributed by atoms with Gasteiger partial charge >= 0.3 is 0 Å². The fourth-order valence-electron chi connectivity index (χ4n) is 4.19. The topological polar surface area (TPSA) is 79.5 Å². The molecule has 4 rings (SSSR count). The molecule has 0 spiro atoms. The van der Waals surface area contributed by atoms with E-state index in [1.807, 2.05) is 4.90 Å². The lowest BCUT2D eigenvalue weighted by Gasteiger charge is -2.36. The first-order chi connectivity index (χ1) is 14.0. The van der Waals surface area contributed by atoms with Crippen LogP contribution in [0.3, 0.4) is 0 Å². The zero-order valence-electron chi connectivity index (χ0n) is 16.5. The maximum atomic E-state index is 13.1. The number of benzene rings is 1. The Balaban J connectivity index is 1.39. The molecule has 7 nitrogen and oxygen atoms in total. The molecule has 0 N–H and O–H groups in total. The third-order valence-electron chi connectivity index (χ3n) is 5.90. The molecule has 2 aliphatic heterocycles. The Bertz CT molecular complexity index is 874. The van der Waals surface area contributed by atoms with E-state index in [9.17, 15) is 14.0 Å². The Morgan fingerprint density at radius 2 is 1.76 bits per heavy atom. The molecule has 8 heteroatoms. The van der Waals surface area contributed by atoms with Crippen LogP contribution in [0.4, 0.5) is 4.39 Å². The van der Waals surface area contributed by atoms with Crippen molar-refractivity contribution in [1.29, 1.82) is 0 Å². The van der Waals surface area contributed by atoms with Gasteiger partial charge in [0.25, 0.3) is 0 Å². The largest absolute Gasteiger partial charge is 0.420 e. The van der Waals surface area contributed by atoms with Gasteiger partial charge in [-0.05, 0) is 49.9 Å². The molecule has 0 saturated carbocycles. The second-order valence-electron chi connectivity index (χ2n) is 7.86. The summed E-state index contributed by atoms with van der Waals surface area (Å²) in [6.45, 7) is 4.17. The van der Waals surface area contributed by atoms with Gasteiger partial charge < -0.3 is 14.2 Å². The average Bonchev–Trinajstić information content (AvgIpc) is 3.24. The van der Waals surface area contributed by atoms with Gasteiger partial charge in [0, 0.05) is 44.6 Å². The summed E-state index contributed by atoms with van der Waals surface area (Å²) in [5.41, 5.74) is 0.672. The van der Waals surface area contributed by atoms with E-state index in [0.717, 1.165) is 32.2 Å². The molecule has 0 radical (unpaired) electrons. The maximum Gasteiger partial charge on any atom is 0.247 e. The number of carbonyl (C=O) groups excluding carboxylic acids is 2. The summed E-state index contributed by atoms with van der Waals surface area (Å²) < 4.78 is 18.9. The van der Waals surface area contributed by atoms with Gasteiger partial charge in [-0.3, -0.25) is 9.59 Å². The molecule has 0 aliphatic carbocycles. The SMILES string of the molecule is CC(=O)N1CCC(C(=O)N2CCCC(c3nnc(-c4ccc(F)cc4)o3)C2)CC1. The second-order valence-corrected chi connectivity index (χ2v) is 7.86. The van der Waals surface area contributed by atoms with E-state index in [4.69, 9.17) is 4.42 Å². The van der Waals surface area contributed by atoms with Crippen molar-refractivity contribution >= 4 is 11.8 Å². The number of piperidine rings is 2. The summed E-state index contributed by atoms with van der Waals surface area (Å²) in [6, 6.07) is 5.93. The Hall–Kier alpha value is -2.77. The first kappa shape index (κ1) is 19.5. The van der Waals surface area contributed by atoms with Crippen LogP contribution >= 0.6 is 0 Å². The van der Waals surface area contributed by atoms with Gasteiger partial charge in [-0.1, -0.05) is 0 Å². The molecule has 2 aliphatic rings. The van der Waals surface area contributed by atoms with Crippen LogP contribution in [0.5, 0.6) is 0 Å². The van der Waals surface area contributed by atoms with Gasteiger partial charge in [0.2, 0.25) is 23.6 Å². The molecule has 1 aromatic carbocycles. The molecule has 2 saturated heterocycles. The highest BCUT2D eigenvalue weighted by Gasteiger charge is 2.33. The number of likely N-dealkylation sites (tertiary alicyclic amines) is 2. The summed E-state index contributed by atoms with van der Waals surface area (Å²) in [7, 11) is 0. The summed E-state index contributed by atoms with van der Waals surface area (Å²) in [5.74, 6) is 0.782. The molecule has 0 bridgehead atoms. The Labute approximate surface area is 168 Å². The Morgan fingerprint density at radius 3 is 2.45 bits per heavy atom. The van der Waals surface area contributed by atoms with Gasteiger partial charge in [-0.15, -0.1) is 10.2 Å². The predicted octanol–water partition coefficient (Wildman–Crippen LogP) is 2.84. The fourth-order valence-corrected chi connectivity index (χ4v) is 4.19. The van der Waals surface area contributed by atoms with Crippen LogP contribution in [0.1, 0.15) is 44.4 Å². The first-order valence-corrected chi connectivity index (χ1v) is 10.1. The van der Waals surface area contributed by atoms with Crippen molar-refractivity contribution in [2.24, 2.45) is 5.92 Å². The van der Waals surface area contributed by atoms with Crippen molar-refractivity contribution < 1.29 is 18.4 Å². The molecule has 3 heterocycles. The average molecular weight is 400 g/mol. The number of hydrogen-bond donors (Lipinski definition) is 0. The van der Waals surface area contributed by atoms with Crippen molar-refractivity contribution in [3.63, 3.8) is 0 Å². The quantitative estimate of drug-likeness (QED) is 0.792. The van der Waals surface area contributed by atoms with Crippen LogP contribution in [0.25, 0.3) is 11.5 Å². The maximum absolute atomic E-state index is 13.1. The fraction of sp³-hybridized carbons (Fsp3) is 0.524. The Kier molecular flexibility index (Phi) is 5.60. The molecular formula is C21H25FN4O3. The number of carbonyl (C=O) groups is 2. The zero-order chi connectivity index (χ0) is 20.4. The number of amides is 2. The van der Waals surface area contributed by atoms with Crippen LogP contribution < -0.4 is 0 Å². The zero-order valence-corrected chi connectivity index (χ0v) is 16.5. The van der Waals surface area contributed by atoms with Gasteiger partial charge in [0.15, 0.2) is 0 Å². The number of halogens is 1. The van der Waals surface area contributed by atoms with Crippen LogP contribution in [-0.2, 0) is 9.59 Å². The normalized spacial score (nSPS) is 20.7. The van der Waals surface area contributed by atoms with E-state index >= 15 is 0 Å². The van der Waals surface area contributed by atoms with Crippen LogP contribution in [0.15, 0.2) is 28.7 Å². The highest BCUT2D eigenvalue weighted by molar-refractivity contribution is 5.80. The van der Waals surface area contributed by atoms with Crippen LogP contribution in [0, 0.1) is 11.7 Å². The molecule has 29 heavy (non-hydrogen) atoms. The van der Waals surface area contributed by atoms with E-state index in [2.05, 4.69) is 10.2 Å². The predicted molar refractivity (Wildman–Crippen MR) is 103 cm³/mol. The number of nitrogens with zero attached hydrogens (tertiary/aromatic N) is 4. The number of hydrogen-bond acceptors (Lipinski definition) is 5. The van der Waals surface area contributed by atoms with E-state index in [-0.39, 0.29) is 29.5 Å². The van der Waals surface area contributed by atoms with Gasteiger partial charge in [0.05, 0.1) is 5.92 Å². The van der Waals surface area contributed by atoms with Gasteiger partial charge in [-0.25, -0.2) is 4.39 Å². The van der Waals surface area contributed by atoms with Gasteiger partial charge in [0.1, 0.15) is 5.82 Å². The highest BCUT2D eigenvalue weighted by Crippen LogP contribution is 2.30. The lowest BCUT2D eigenvalue weighted by atomic mass is 9.92. The van der Waals surface area contributed by atoms with Crippen LogP contribution in [-0.4, -0.2) is 58.0 Å². The van der Waals surface area contributed by atoms with Crippen molar-refractivity contribution in [2.45, 2.75) is 38.5 Å². The summed E-state index contributed by atoms with van der Waals surface area (Å²) in [4.78, 5) is 28.2. The second kappa shape index (κ2) is 8.31. The molecule has 1 atom stereocenters. The van der Waals surface area contributed by atoms with E-state index in [1.165, 1.54) is 12.1 Å². The minimum absolute atomic E-state index is 0.00621. The van der Waals surface area contributed by atoms with Crippen LogP contribution in [0.2, 0.25) is 0 Å². The molecule has 154 valence electrons. The van der Waals surface area contributed by atoms with E-state index in [1.54, 1.807) is 24.0 Å². The monoisotopic (exact) mass is 400 g/mol. The van der Waals surface area contributed by atoms with E-state index in [0.29, 0.717) is 37.0 Å². The summed E-state index contributed by atoms with van der Waals surface area (Å²) >= 11 is 0. The number of rotatable bonds is 3. The molecule has 2 fully saturated rings. The molecule has 2 aromatic rings. The minimum Gasteiger partial charge on any atom is -0.420 e. The molecule has 1 aromatic heterocycles. The summed E-state index contributed by atoms with van der Waals surface area (Å²) in [5, 5.41) is 8.28. The smallest absolute Gasteiger partial charge is 0.247 e. The van der Waals surface area contributed by atoms with Crippen molar-refractivity contribution in [3.8, 4) is 11.5 Å². The van der Waals surface area contributed by atoms with Crippen molar-refractivity contribution in [3.05, 3.63) is 36.0 Å². The van der Waals surface area contributed by atoms with Crippen molar-refractivity contribution in [1.82, 2.24) is 20.0 Å². The first-order valence-electron chi connectivity index (χ1n) is 10.1. The van der Waals surface area contributed by atoms with Crippen molar-refractivity contribution in [2.75, 3.05) is 26.2 Å². The molecular weight excluding hydrogens is 375 g/mol. The van der Waals surface area contributed by atoms with Gasteiger partial charge in [-0.2, -0.15) is 0 Å². The highest BCUT2D eigenvalue weighted by atomic mass is 19.1. The van der Waals surface area contributed by atoms with E-state index < -0.39 is 0 Å². The third kappa shape index (κ3) is 4.31. The molecule has 2 amide bonds. The minimum atomic E-state index is -0.316. The summed E-state index contributed by atoms with van der Waals surface area (Å²) in [6.07, 6.45) is 3.21.